The van der Waals surface area contributed by atoms with Gasteiger partial charge in [-0.05, 0) is 20.8 Å². The van der Waals surface area contributed by atoms with Gasteiger partial charge in [0.15, 0.2) is 0 Å². The van der Waals surface area contributed by atoms with Gasteiger partial charge >= 0.3 is 0 Å². The fourth-order valence-corrected chi connectivity index (χ4v) is 7.03. The molecule has 0 saturated carbocycles. The summed E-state index contributed by atoms with van der Waals surface area (Å²) in [5.41, 5.74) is 0.348. The highest BCUT2D eigenvalue weighted by Gasteiger charge is 2.13. The normalized spacial score (nSPS) is 16.1. The Morgan fingerprint density at radius 1 is 1.36 bits per heavy atom. The molecule has 0 heterocycles. The lowest BCUT2D eigenvalue weighted by molar-refractivity contribution is 0.518. The van der Waals surface area contributed by atoms with Crippen LogP contribution < -0.4 is 4.98 Å². The Bertz CT molecular complexity index is 98.8. The molecule has 68 valence electrons. The third-order valence-electron chi connectivity index (χ3n) is 1.67. The minimum atomic E-state index is -0.560. The molecule has 0 aliphatic rings. The van der Waals surface area contributed by atoms with Crippen LogP contribution >= 0.6 is 0 Å². The molecule has 1 N–H and O–H groups in total. The fraction of sp³-hybridized carbons (Fsp3) is 1.00. The lowest BCUT2D eigenvalue weighted by Crippen LogP contribution is -2.44. The van der Waals surface area contributed by atoms with Crippen molar-refractivity contribution in [1.29, 1.82) is 0 Å². The van der Waals surface area contributed by atoms with Gasteiger partial charge in [-0.15, -0.1) is 0 Å². The second kappa shape index (κ2) is 5.11. The van der Waals surface area contributed by atoms with Crippen LogP contribution in [0.3, 0.4) is 0 Å². The van der Waals surface area contributed by atoms with E-state index in [0.717, 1.165) is 0 Å². The Morgan fingerprint density at radius 3 is 2.27 bits per heavy atom. The summed E-state index contributed by atoms with van der Waals surface area (Å²) in [4.78, 5) is 3.72. The average molecular weight is 189 g/mol. The van der Waals surface area contributed by atoms with Gasteiger partial charge in [0.2, 0.25) is 0 Å². The molecule has 3 heteroatoms. The van der Waals surface area contributed by atoms with Crippen LogP contribution in [0.15, 0.2) is 0 Å². The van der Waals surface area contributed by atoms with Crippen LogP contribution in [0.2, 0.25) is 25.2 Å². The maximum Gasteiger partial charge on any atom is 0.105 e. The van der Waals surface area contributed by atoms with E-state index in [2.05, 4.69) is 38.8 Å². The van der Waals surface area contributed by atoms with Crippen molar-refractivity contribution in [3.63, 3.8) is 0 Å². The fourth-order valence-electron chi connectivity index (χ4n) is 1.32. The van der Waals surface area contributed by atoms with E-state index in [-0.39, 0.29) is 0 Å². The van der Waals surface area contributed by atoms with E-state index in [1.807, 2.05) is 0 Å². The van der Waals surface area contributed by atoms with E-state index in [9.17, 15) is 0 Å². The quantitative estimate of drug-likeness (QED) is 0.659. The highest BCUT2D eigenvalue weighted by Crippen LogP contribution is 2.03. The zero-order valence-corrected chi connectivity index (χ0v) is 11.3. The standard InChI is InChI=1S/C8H23NSi2/c1-8(2,3)9-11(5)7-6-10-4/h9,11H,6-7,10H2,1-5H3. The van der Waals surface area contributed by atoms with Gasteiger partial charge in [0.05, 0.1) is 0 Å². The van der Waals surface area contributed by atoms with Gasteiger partial charge in [0.25, 0.3) is 0 Å². The van der Waals surface area contributed by atoms with Crippen LogP contribution in [0, 0.1) is 0 Å². The number of nitrogens with one attached hydrogen (secondary N) is 1. The zero-order chi connectivity index (χ0) is 8.91. The molecule has 0 rings (SSSR count). The van der Waals surface area contributed by atoms with Gasteiger partial charge in [0, 0.05) is 15.1 Å². The largest absolute Gasteiger partial charge is 0.335 e. The van der Waals surface area contributed by atoms with Crippen LogP contribution in [0.25, 0.3) is 0 Å². The molecule has 0 spiro atoms. The summed E-state index contributed by atoms with van der Waals surface area (Å²) in [6, 6.07) is 3.04. The highest BCUT2D eigenvalue weighted by atomic mass is 28.3. The third-order valence-corrected chi connectivity index (χ3v) is 6.24. The summed E-state index contributed by atoms with van der Waals surface area (Å²) >= 11 is 0. The Kier molecular flexibility index (Phi) is 5.30. The summed E-state index contributed by atoms with van der Waals surface area (Å²) in [7, 11) is -0.247. The molecule has 0 aliphatic heterocycles. The SMILES string of the molecule is C[SiH2]CC[SiH](C)NC(C)(C)C. The van der Waals surface area contributed by atoms with Crippen molar-refractivity contribution in [2.45, 2.75) is 51.5 Å². The molecule has 11 heavy (non-hydrogen) atoms. The minimum Gasteiger partial charge on any atom is -0.335 e. The molecule has 0 aliphatic carbocycles. The first kappa shape index (κ1) is 11.4. The second-order valence-corrected chi connectivity index (χ2v) is 8.81. The molecule has 1 atom stereocenters. The summed E-state index contributed by atoms with van der Waals surface area (Å²) < 4.78 is 0. The monoisotopic (exact) mass is 189 g/mol. The van der Waals surface area contributed by atoms with Gasteiger partial charge in [-0.2, -0.15) is 0 Å². The Hall–Kier alpha value is 0.394. The van der Waals surface area contributed by atoms with E-state index < -0.39 is 8.96 Å². The van der Waals surface area contributed by atoms with Crippen LogP contribution in [0.5, 0.6) is 0 Å². The van der Waals surface area contributed by atoms with Gasteiger partial charge in [0.1, 0.15) is 8.96 Å². The van der Waals surface area contributed by atoms with Crippen LogP contribution in [0.4, 0.5) is 0 Å². The molecule has 0 fully saturated rings. The molecular formula is C8H23NSi2. The Morgan fingerprint density at radius 2 is 1.91 bits per heavy atom. The average Bonchev–Trinajstić information content (AvgIpc) is 1.79. The first-order valence-corrected chi connectivity index (χ1v) is 9.69. The van der Waals surface area contributed by atoms with Crippen molar-refractivity contribution in [1.82, 2.24) is 4.98 Å². The molecule has 0 amide bonds. The van der Waals surface area contributed by atoms with E-state index in [1.54, 1.807) is 0 Å². The molecule has 0 bridgehead atoms. The first-order chi connectivity index (χ1) is 4.95. The lowest BCUT2D eigenvalue weighted by Gasteiger charge is -2.25. The van der Waals surface area contributed by atoms with Gasteiger partial charge < -0.3 is 4.98 Å². The van der Waals surface area contributed by atoms with Gasteiger partial charge in [-0.25, -0.2) is 0 Å². The molecule has 0 aromatic heterocycles. The third kappa shape index (κ3) is 8.30. The predicted octanol–water partition coefficient (Wildman–Crippen LogP) is 1.36. The van der Waals surface area contributed by atoms with Crippen molar-refractivity contribution < 1.29 is 0 Å². The number of hydrogen-bond donors (Lipinski definition) is 1. The van der Waals surface area contributed by atoms with Crippen molar-refractivity contribution in [3.05, 3.63) is 0 Å². The predicted molar refractivity (Wildman–Crippen MR) is 59.9 cm³/mol. The van der Waals surface area contributed by atoms with Crippen LogP contribution in [-0.2, 0) is 0 Å². The van der Waals surface area contributed by atoms with E-state index in [1.165, 1.54) is 12.1 Å². The van der Waals surface area contributed by atoms with Crippen LogP contribution in [-0.4, -0.2) is 24.0 Å². The van der Waals surface area contributed by atoms with Crippen molar-refractivity contribution in [3.8, 4) is 0 Å². The van der Waals surface area contributed by atoms with E-state index in [0.29, 0.717) is 15.1 Å². The zero-order valence-electron chi connectivity index (χ0n) is 8.70. The first-order valence-electron chi connectivity index (χ1n) is 4.73. The maximum atomic E-state index is 3.72. The van der Waals surface area contributed by atoms with E-state index in [4.69, 9.17) is 0 Å². The highest BCUT2D eigenvalue weighted by molar-refractivity contribution is 6.56. The smallest absolute Gasteiger partial charge is 0.105 e. The summed E-state index contributed by atoms with van der Waals surface area (Å²) in [5.74, 6) is 0. The van der Waals surface area contributed by atoms with Crippen molar-refractivity contribution in [2.24, 2.45) is 0 Å². The molecule has 1 nitrogen and oxygen atoms in total. The maximum absolute atomic E-state index is 3.72. The number of hydrogen-bond acceptors (Lipinski definition) is 1. The lowest BCUT2D eigenvalue weighted by atomic mass is 10.1. The number of rotatable bonds is 4. The summed E-state index contributed by atoms with van der Waals surface area (Å²) in [5, 5.41) is 0. The minimum absolute atomic E-state index is 0.313. The molecule has 0 radical (unpaired) electrons. The molecule has 0 aromatic carbocycles. The van der Waals surface area contributed by atoms with E-state index >= 15 is 0 Å². The Balaban J connectivity index is 3.44. The molecular weight excluding hydrogens is 166 g/mol. The second-order valence-electron chi connectivity index (χ2n) is 4.44. The summed E-state index contributed by atoms with van der Waals surface area (Å²) in [6.45, 7) is 11.6. The summed E-state index contributed by atoms with van der Waals surface area (Å²) in [6.07, 6.45) is 0. The van der Waals surface area contributed by atoms with Gasteiger partial charge in [-0.1, -0.05) is 25.2 Å². The Labute approximate surface area is 75.5 Å². The molecule has 0 saturated heterocycles. The topological polar surface area (TPSA) is 12.0 Å². The van der Waals surface area contributed by atoms with Crippen LogP contribution in [0.1, 0.15) is 20.8 Å². The van der Waals surface area contributed by atoms with Crippen molar-refractivity contribution >= 4 is 18.5 Å². The molecule has 1 unspecified atom stereocenters. The van der Waals surface area contributed by atoms with Crippen molar-refractivity contribution in [2.75, 3.05) is 0 Å². The molecule has 0 aromatic rings. The van der Waals surface area contributed by atoms with Gasteiger partial charge in [-0.3, -0.25) is 0 Å².